The zero-order chi connectivity index (χ0) is 15.2. The van der Waals surface area contributed by atoms with Gasteiger partial charge in [-0.05, 0) is 24.3 Å². The van der Waals surface area contributed by atoms with Crippen LogP contribution in [0, 0.1) is 10.1 Å². The van der Waals surface area contributed by atoms with Crippen molar-refractivity contribution in [3.63, 3.8) is 0 Å². The van der Waals surface area contributed by atoms with Crippen LogP contribution >= 0.6 is 0 Å². The fourth-order valence-corrected chi connectivity index (χ4v) is 1.59. The number of carbonyl (C=O) groups excluding carboxylic acids is 2. The van der Waals surface area contributed by atoms with Gasteiger partial charge in [0.25, 0.3) is 5.69 Å². The Kier molecular flexibility index (Phi) is 4.18. The van der Waals surface area contributed by atoms with E-state index in [-0.39, 0.29) is 22.7 Å². The molecule has 0 N–H and O–H groups in total. The van der Waals surface area contributed by atoms with Gasteiger partial charge in [-0.25, -0.2) is 9.59 Å². The predicted molar refractivity (Wildman–Crippen MR) is 72.3 cm³/mol. The van der Waals surface area contributed by atoms with E-state index >= 15 is 0 Å². The summed E-state index contributed by atoms with van der Waals surface area (Å²) in [6, 6.07) is 11.2. The summed E-state index contributed by atoms with van der Waals surface area (Å²) in [6.07, 6.45) is 1.36. The highest BCUT2D eigenvalue weighted by atomic mass is 16.6. The van der Waals surface area contributed by atoms with Gasteiger partial charge in [-0.1, -0.05) is 12.1 Å². The number of nitro benzene ring substituents is 1. The highest BCUT2D eigenvalue weighted by Crippen LogP contribution is 2.22. The molecule has 21 heavy (non-hydrogen) atoms. The number of carbonyl (C=O) groups is 1. The number of ether oxygens (including phenoxy) is 1. The second kappa shape index (κ2) is 6.23. The number of rotatable bonds is 4. The van der Waals surface area contributed by atoms with E-state index in [9.17, 15) is 19.7 Å². The van der Waals surface area contributed by atoms with E-state index in [1.807, 2.05) is 0 Å². The number of isocyanates is 1. The second-order valence-electron chi connectivity index (χ2n) is 3.86. The third-order valence-corrected chi connectivity index (χ3v) is 2.55. The topological polar surface area (TPSA) is 98.9 Å². The molecule has 0 unspecified atom stereocenters. The number of non-ortho nitro benzene ring substituents is 1. The highest BCUT2D eigenvalue weighted by Gasteiger charge is 2.14. The maximum atomic E-state index is 12.0. The zero-order valence-corrected chi connectivity index (χ0v) is 10.6. The number of hydrogen-bond donors (Lipinski definition) is 0. The third kappa shape index (κ3) is 3.37. The number of nitro groups is 1. The molecule has 2 aromatic carbocycles. The minimum absolute atomic E-state index is 0.0965. The molecule has 0 aliphatic carbocycles. The van der Waals surface area contributed by atoms with Gasteiger partial charge in [0.15, 0.2) is 0 Å². The summed E-state index contributed by atoms with van der Waals surface area (Å²) in [5.74, 6) is -0.575. The molecule has 104 valence electrons. The van der Waals surface area contributed by atoms with E-state index in [0.717, 1.165) is 0 Å². The Bertz CT molecular complexity index is 733. The van der Waals surface area contributed by atoms with E-state index in [4.69, 9.17) is 4.74 Å². The molecule has 0 aliphatic rings. The molecule has 7 heteroatoms. The molecule has 2 rings (SSSR count). The lowest BCUT2D eigenvalue weighted by atomic mass is 10.2. The largest absolute Gasteiger partial charge is 0.423 e. The van der Waals surface area contributed by atoms with Crippen molar-refractivity contribution in [2.75, 3.05) is 0 Å². The van der Waals surface area contributed by atoms with Crippen molar-refractivity contribution in [3.8, 4) is 5.75 Å². The van der Waals surface area contributed by atoms with Gasteiger partial charge in [0, 0.05) is 12.1 Å². The minimum Gasteiger partial charge on any atom is -0.423 e. The standard InChI is InChI=1S/C14H8N2O5/c17-9-15-13-4-2-1-3-12(13)14(18)21-11-7-5-10(6-8-11)16(19)20/h1-8H. The average Bonchev–Trinajstić information content (AvgIpc) is 2.48. The van der Waals surface area contributed by atoms with Crippen LogP contribution in [0.3, 0.4) is 0 Å². The average molecular weight is 284 g/mol. The molecule has 0 spiro atoms. The van der Waals surface area contributed by atoms with Crippen molar-refractivity contribution < 1.29 is 19.2 Å². The molecule has 0 saturated carbocycles. The van der Waals surface area contributed by atoms with E-state index in [1.165, 1.54) is 42.5 Å². The van der Waals surface area contributed by atoms with Crippen LogP contribution in [0.5, 0.6) is 5.75 Å². The Balaban J connectivity index is 2.22. The van der Waals surface area contributed by atoms with E-state index in [2.05, 4.69) is 4.99 Å². The molecule has 0 radical (unpaired) electrons. The molecule has 0 bridgehead atoms. The first-order valence-electron chi connectivity index (χ1n) is 5.75. The van der Waals surface area contributed by atoms with Crippen molar-refractivity contribution in [1.29, 1.82) is 0 Å². The maximum absolute atomic E-state index is 12.0. The van der Waals surface area contributed by atoms with Crippen LogP contribution in [0.15, 0.2) is 53.5 Å². The number of nitrogens with zero attached hydrogens (tertiary/aromatic N) is 2. The molecular formula is C14H8N2O5. The summed E-state index contributed by atoms with van der Waals surface area (Å²) < 4.78 is 5.07. The van der Waals surface area contributed by atoms with Crippen LogP contribution in [0.2, 0.25) is 0 Å². The Morgan fingerprint density at radius 3 is 2.43 bits per heavy atom. The summed E-state index contributed by atoms with van der Waals surface area (Å²) >= 11 is 0. The fraction of sp³-hybridized carbons (Fsp3) is 0. The van der Waals surface area contributed by atoms with Gasteiger partial charge in [0.1, 0.15) is 5.75 Å². The number of aliphatic imine (C=N–C) groups is 1. The fourth-order valence-electron chi connectivity index (χ4n) is 1.59. The molecule has 7 nitrogen and oxygen atoms in total. The van der Waals surface area contributed by atoms with Crippen LogP contribution in [-0.4, -0.2) is 17.0 Å². The molecule has 0 atom stereocenters. The third-order valence-electron chi connectivity index (χ3n) is 2.55. The smallest absolute Gasteiger partial charge is 0.345 e. The van der Waals surface area contributed by atoms with Crippen molar-refractivity contribution >= 4 is 23.4 Å². The first-order chi connectivity index (χ1) is 10.1. The van der Waals surface area contributed by atoms with Gasteiger partial charge in [-0.3, -0.25) is 10.1 Å². The zero-order valence-electron chi connectivity index (χ0n) is 10.6. The number of hydrogen-bond acceptors (Lipinski definition) is 6. The van der Waals surface area contributed by atoms with Crippen molar-refractivity contribution in [2.24, 2.45) is 4.99 Å². The quantitative estimate of drug-likeness (QED) is 0.215. The Morgan fingerprint density at radius 2 is 1.81 bits per heavy atom. The Labute approximate surface area is 118 Å². The van der Waals surface area contributed by atoms with Crippen LogP contribution in [0.25, 0.3) is 0 Å². The molecule has 0 fully saturated rings. The molecule has 0 amide bonds. The first-order valence-corrected chi connectivity index (χ1v) is 5.75. The molecule has 2 aromatic rings. The normalized spacial score (nSPS) is 9.52. The number of para-hydroxylation sites is 1. The Morgan fingerprint density at radius 1 is 1.14 bits per heavy atom. The lowest BCUT2D eigenvalue weighted by Gasteiger charge is -2.05. The summed E-state index contributed by atoms with van der Waals surface area (Å²) in [6.45, 7) is 0. The predicted octanol–water partition coefficient (Wildman–Crippen LogP) is 2.78. The van der Waals surface area contributed by atoms with Gasteiger partial charge in [-0.2, -0.15) is 4.99 Å². The van der Waals surface area contributed by atoms with Gasteiger partial charge < -0.3 is 4.74 Å². The second-order valence-corrected chi connectivity index (χ2v) is 3.86. The van der Waals surface area contributed by atoms with Crippen LogP contribution in [-0.2, 0) is 4.79 Å². The van der Waals surface area contributed by atoms with E-state index < -0.39 is 10.9 Å². The number of esters is 1. The molecule has 0 saturated heterocycles. The molecule has 0 heterocycles. The monoisotopic (exact) mass is 284 g/mol. The minimum atomic E-state index is -0.724. The summed E-state index contributed by atoms with van der Waals surface area (Å²) in [4.78, 5) is 35.7. The van der Waals surface area contributed by atoms with Gasteiger partial charge >= 0.3 is 5.97 Å². The highest BCUT2D eigenvalue weighted by molar-refractivity contribution is 5.96. The van der Waals surface area contributed by atoms with Gasteiger partial charge in [0.05, 0.1) is 16.2 Å². The van der Waals surface area contributed by atoms with Gasteiger partial charge in [0.2, 0.25) is 6.08 Å². The summed E-state index contributed by atoms with van der Waals surface area (Å²) in [5, 5.41) is 10.5. The van der Waals surface area contributed by atoms with Crippen LogP contribution in [0.1, 0.15) is 10.4 Å². The maximum Gasteiger partial charge on any atom is 0.345 e. The van der Waals surface area contributed by atoms with Crippen molar-refractivity contribution in [3.05, 3.63) is 64.2 Å². The molecule has 0 aromatic heterocycles. The number of benzene rings is 2. The first kappa shape index (κ1) is 14.1. The summed E-state index contributed by atoms with van der Waals surface area (Å²) in [5.41, 5.74) is 0.124. The van der Waals surface area contributed by atoms with Crippen LogP contribution < -0.4 is 4.74 Å². The Hall–Kier alpha value is -3.31. The molecular weight excluding hydrogens is 276 g/mol. The van der Waals surface area contributed by atoms with Crippen molar-refractivity contribution in [1.82, 2.24) is 0 Å². The van der Waals surface area contributed by atoms with E-state index in [0.29, 0.717) is 0 Å². The van der Waals surface area contributed by atoms with E-state index in [1.54, 1.807) is 12.1 Å². The van der Waals surface area contributed by atoms with Gasteiger partial charge in [-0.15, -0.1) is 0 Å². The van der Waals surface area contributed by atoms with Crippen molar-refractivity contribution in [2.45, 2.75) is 0 Å². The lowest BCUT2D eigenvalue weighted by Crippen LogP contribution is -2.08. The lowest BCUT2D eigenvalue weighted by molar-refractivity contribution is -0.384. The molecule has 0 aliphatic heterocycles. The summed E-state index contributed by atoms with van der Waals surface area (Å²) in [7, 11) is 0. The SMILES string of the molecule is O=C=Nc1ccccc1C(=O)Oc1ccc([N+](=O)[O-])cc1. The van der Waals surface area contributed by atoms with Crippen LogP contribution in [0.4, 0.5) is 11.4 Å².